The molecule has 1 heterocycles. The van der Waals surface area contributed by atoms with Crippen LogP contribution in [-0.2, 0) is 0 Å². The van der Waals surface area contributed by atoms with E-state index in [0.717, 1.165) is 22.9 Å². The Morgan fingerprint density at radius 1 is 1.21 bits per heavy atom. The van der Waals surface area contributed by atoms with Gasteiger partial charge < -0.3 is 15.4 Å². The maximum absolute atomic E-state index is 5.57. The van der Waals surface area contributed by atoms with E-state index in [9.17, 15) is 0 Å². The van der Waals surface area contributed by atoms with Crippen LogP contribution in [0.1, 0.15) is 12.6 Å². The zero-order valence-electron chi connectivity index (χ0n) is 11.4. The van der Waals surface area contributed by atoms with Crippen LogP contribution in [0.15, 0.2) is 30.3 Å². The molecule has 0 fully saturated rings. The molecule has 1 aromatic heterocycles. The number of rotatable bonds is 5. The average Bonchev–Trinajstić information content (AvgIpc) is 2.40. The SMILES string of the molecule is CCOc1ccccc1Nc1cc(C)nc(NC)n1. The minimum atomic E-state index is 0.594. The Hall–Kier alpha value is -2.30. The first-order valence-electron chi connectivity index (χ1n) is 6.25. The highest BCUT2D eigenvalue weighted by atomic mass is 16.5. The topological polar surface area (TPSA) is 59.1 Å². The Labute approximate surface area is 113 Å². The van der Waals surface area contributed by atoms with Crippen LogP contribution in [0.3, 0.4) is 0 Å². The zero-order valence-corrected chi connectivity index (χ0v) is 11.4. The molecule has 0 aliphatic heterocycles. The van der Waals surface area contributed by atoms with Crippen LogP contribution in [0.4, 0.5) is 17.5 Å². The first-order valence-corrected chi connectivity index (χ1v) is 6.25. The summed E-state index contributed by atoms with van der Waals surface area (Å²) in [6.45, 7) is 4.52. The molecule has 5 nitrogen and oxygen atoms in total. The summed E-state index contributed by atoms with van der Waals surface area (Å²) in [5.41, 5.74) is 1.79. The predicted molar refractivity (Wildman–Crippen MR) is 77.2 cm³/mol. The number of ether oxygens (including phenoxy) is 1. The number of hydrogen-bond donors (Lipinski definition) is 2. The van der Waals surface area contributed by atoms with Gasteiger partial charge in [-0.3, -0.25) is 0 Å². The molecule has 0 saturated heterocycles. The first kappa shape index (κ1) is 13.1. The molecule has 0 atom stereocenters. The van der Waals surface area contributed by atoms with E-state index >= 15 is 0 Å². The monoisotopic (exact) mass is 258 g/mol. The van der Waals surface area contributed by atoms with Gasteiger partial charge in [-0.2, -0.15) is 4.98 Å². The fourth-order valence-corrected chi connectivity index (χ4v) is 1.73. The fraction of sp³-hybridized carbons (Fsp3) is 0.286. The van der Waals surface area contributed by atoms with Gasteiger partial charge in [0.15, 0.2) is 0 Å². The zero-order chi connectivity index (χ0) is 13.7. The van der Waals surface area contributed by atoms with Gasteiger partial charge in [-0.1, -0.05) is 12.1 Å². The summed E-state index contributed by atoms with van der Waals surface area (Å²) in [6.07, 6.45) is 0. The Bertz CT molecular complexity index is 557. The lowest BCUT2D eigenvalue weighted by Gasteiger charge is -2.12. The quantitative estimate of drug-likeness (QED) is 0.863. The van der Waals surface area contributed by atoms with Gasteiger partial charge in [0, 0.05) is 18.8 Å². The van der Waals surface area contributed by atoms with Crippen LogP contribution in [-0.4, -0.2) is 23.6 Å². The Morgan fingerprint density at radius 3 is 2.74 bits per heavy atom. The molecule has 2 rings (SSSR count). The molecular formula is C14H18N4O. The van der Waals surface area contributed by atoms with Crippen LogP contribution in [0.5, 0.6) is 5.75 Å². The van der Waals surface area contributed by atoms with Crippen LogP contribution in [0.2, 0.25) is 0 Å². The van der Waals surface area contributed by atoms with Crippen molar-refractivity contribution in [3.63, 3.8) is 0 Å². The number of aromatic nitrogens is 2. The second-order valence-corrected chi connectivity index (χ2v) is 4.02. The molecule has 19 heavy (non-hydrogen) atoms. The van der Waals surface area contributed by atoms with Gasteiger partial charge in [-0.15, -0.1) is 0 Å². The summed E-state index contributed by atoms with van der Waals surface area (Å²) in [5.74, 6) is 2.15. The maximum atomic E-state index is 5.57. The molecule has 0 aliphatic rings. The van der Waals surface area contributed by atoms with E-state index in [1.807, 2.05) is 44.2 Å². The smallest absolute Gasteiger partial charge is 0.224 e. The lowest BCUT2D eigenvalue weighted by molar-refractivity contribution is 0.342. The second-order valence-electron chi connectivity index (χ2n) is 4.02. The minimum absolute atomic E-state index is 0.594. The summed E-state index contributed by atoms with van der Waals surface area (Å²) in [7, 11) is 1.80. The van der Waals surface area contributed by atoms with Crippen molar-refractivity contribution in [2.45, 2.75) is 13.8 Å². The van der Waals surface area contributed by atoms with Crippen molar-refractivity contribution in [2.75, 3.05) is 24.3 Å². The molecule has 0 bridgehead atoms. The van der Waals surface area contributed by atoms with E-state index in [0.29, 0.717) is 12.6 Å². The molecule has 0 amide bonds. The molecule has 0 spiro atoms. The van der Waals surface area contributed by atoms with Gasteiger partial charge in [0.05, 0.1) is 12.3 Å². The Balaban J connectivity index is 2.28. The number of nitrogens with zero attached hydrogens (tertiary/aromatic N) is 2. The highest BCUT2D eigenvalue weighted by Gasteiger charge is 2.05. The van der Waals surface area contributed by atoms with Crippen molar-refractivity contribution >= 4 is 17.5 Å². The van der Waals surface area contributed by atoms with E-state index in [1.165, 1.54) is 0 Å². The van der Waals surface area contributed by atoms with E-state index in [4.69, 9.17) is 4.74 Å². The predicted octanol–water partition coefficient (Wildman–Crippen LogP) is 2.97. The van der Waals surface area contributed by atoms with Crippen molar-refractivity contribution in [1.29, 1.82) is 0 Å². The molecule has 0 aliphatic carbocycles. The number of benzene rings is 1. The molecule has 5 heteroatoms. The number of aryl methyl sites for hydroxylation is 1. The molecule has 1 aromatic carbocycles. The fourth-order valence-electron chi connectivity index (χ4n) is 1.73. The molecular weight excluding hydrogens is 240 g/mol. The summed E-state index contributed by atoms with van der Waals surface area (Å²) < 4.78 is 5.57. The van der Waals surface area contributed by atoms with Crippen molar-refractivity contribution in [2.24, 2.45) is 0 Å². The molecule has 0 saturated carbocycles. The molecule has 100 valence electrons. The van der Waals surface area contributed by atoms with E-state index in [1.54, 1.807) is 7.05 Å². The first-order chi connectivity index (χ1) is 9.22. The van der Waals surface area contributed by atoms with E-state index < -0.39 is 0 Å². The summed E-state index contributed by atoms with van der Waals surface area (Å²) in [5, 5.41) is 6.20. The summed E-state index contributed by atoms with van der Waals surface area (Å²) in [6, 6.07) is 9.68. The normalized spacial score (nSPS) is 10.1. The lowest BCUT2D eigenvalue weighted by Crippen LogP contribution is -2.03. The molecule has 0 radical (unpaired) electrons. The average molecular weight is 258 g/mol. The van der Waals surface area contributed by atoms with E-state index in [-0.39, 0.29) is 0 Å². The highest BCUT2D eigenvalue weighted by Crippen LogP contribution is 2.27. The van der Waals surface area contributed by atoms with Gasteiger partial charge in [0.25, 0.3) is 0 Å². The Morgan fingerprint density at radius 2 is 2.00 bits per heavy atom. The van der Waals surface area contributed by atoms with E-state index in [2.05, 4.69) is 20.6 Å². The van der Waals surface area contributed by atoms with Gasteiger partial charge in [0.1, 0.15) is 11.6 Å². The molecule has 2 aromatic rings. The molecule has 2 N–H and O–H groups in total. The minimum Gasteiger partial charge on any atom is -0.492 e. The van der Waals surface area contributed by atoms with Crippen LogP contribution < -0.4 is 15.4 Å². The lowest BCUT2D eigenvalue weighted by atomic mass is 10.3. The van der Waals surface area contributed by atoms with Crippen molar-refractivity contribution in [3.8, 4) is 5.75 Å². The van der Waals surface area contributed by atoms with Crippen LogP contribution in [0.25, 0.3) is 0 Å². The van der Waals surface area contributed by atoms with Crippen molar-refractivity contribution in [1.82, 2.24) is 9.97 Å². The van der Waals surface area contributed by atoms with Crippen LogP contribution >= 0.6 is 0 Å². The van der Waals surface area contributed by atoms with Gasteiger partial charge in [0.2, 0.25) is 5.95 Å². The van der Waals surface area contributed by atoms with Crippen LogP contribution in [0, 0.1) is 6.92 Å². The number of hydrogen-bond acceptors (Lipinski definition) is 5. The third-order valence-corrected chi connectivity index (χ3v) is 2.53. The molecule has 0 unspecified atom stereocenters. The maximum Gasteiger partial charge on any atom is 0.224 e. The van der Waals surface area contributed by atoms with Gasteiger partial charge in [-0.05, 0) is 26.0 Å². The highest BCUT2D eigenvalue weighted by molar-refractivity contribution is 5.64. The van der Waals surface area contributed by atoms with Gasteiger partial charge >= 0.3 is 0 Å². The number of para-hydroxylation sites is 2. The largest absolute Gasteiger partial charge is 0.492 e. The van der Waals surface area contributed by atoms with Crippen molar-refractivity contribution < 1.29 is 4.74 Å². The second kappa shape index (κ2) is 6.04. The number of anilines is 3. The third kappa shape index (κ3) is 3.34. The third-order valence-electron chi connectivity index (χ3n) is 2.53. The standard InChI is InChI=1S/C14H18N4O/c1-4-19-12-8-6-5-7-11(12)17-13-9-10(2)16-14(15-3)18-13/h5-9H,4H2,1-3H3,(H2,15,16,17,18). The summed E-state index contributed by atoms with van der Waals surface area (Å²) >= 11 is 0. The van der Waals surface area contributed by atoms with Crippen molar-refractivity contribution in [3.05, 3.63) is 36.0 Å². The Kier molecular flexibility index (Phi) is 4.18. The van der Waals surface area contributed by atoms with Gasteiger partial charge in [-0.25, -0.2) is 4.98 Å². The number of nitrogens with one attached hydrogen (secondary N) is 2. The summed E-state index contributed by atoms with van der Waals surface area (Å²) in [4.78, 5) is 8.62.